The second-order valence-electron chi connectivity index (χ2n) is 6.37. The first kappa shape index (κ1) is 18.3. The van der Waals surface area contributed by atoms with Crippen LogP contribution in [0.5, 0.6) is 0 Å². The number of quaternary nitrogens is 1. The fraction of sp³-hybridized carbons (Fsp3) is 0.421. The summed E-state index contributed by atoms with van der Waals surface area (Å²) < 4.78 is 5.40. The van der Waals surface area contributed by atoms with Crippen molar-refractivity contribution < 1.29 is 9.64 Å². The van der Waals surface area contributed by atoms with Crippen molar-refractivity contribution in [2.24, 2.45) is 0 Å². The third-order valence-electron chi connectivity index (χ3n) is 4.48. The highest BCUT2D eigenvalue weighted by Gasteiger charge is 2.17. The Kier molecular flexibility index (Phi) is 6.81. The summed E-state index contributed by atoms with van der Waals surface area (Å²) in [5.74, 6) is 0. The number of benzene rings is 1. The van der Waals surface area contributed by atoms with E-state index in [2.05, 4.69) is 59.3 Å². The Labute approximate surface area is 159 Å². The molecule has 1 saturated heterocycles. The van der Waals surface area contributed by atoms with Crippen molar-refractivity contribution >= 4 is 28.7 Å². The van der Waals surface area contributed by atoms with Crippen molar-refractivity contribution in [1.82, 2.24) is 10.6 Å². The maximum Gasteiger partial charge on any atom is 0.167 e. The summed E-state index contributed by atoms with van der Waals surface area (Å²) in [6.07, 6.45) is 0. The molecule has 0 spiro atoms. The average molecular weight is 377 g/mol. The molecule has 6 heteroatoms. The van der Waals surface area contributed by atoms with E-state index in [1.807, 2.05) is 0 Å². The van der Waals surface area contributed by atoms with Gasteiger partial charge in [-0.15, -0.1) is 11.3 Å². The van der Waals surface area contributed by atoms with Gasteiger partial charge in [-0.3, -0.25) is 0 Å². The van der Waals surface area contributed by atoms with Gasteiger partial charge in [0.1, 0.15) is 13.1 Å². The first-order chi connectivity index (χ1) is 12.2. The largest absolute Gasteiger partial charge is 0.370 e. The maximum atomic E-state index is 5.55. The molecule has 1 aliphatic rings. The summed E-state index contributed by atoms with van der Waals surface area (Å²) in [6, 6.07) is 13.0. The zero-order valence-corrected chi connectivity index (χ0v) is 16.2. The number of hydrogen-bond donors (Lipinski definition) is 3. The number of morpholine rings is 1. The normalized spacial score (nSPS) is 16.4. The molecule has 0 amide bonds. The molecule has 2 aromatic rings. The maximum absolute atomic E-state index is 5.55. The highest BCUT2D eigenvalue weighted by atomic mass is 32.1. The number of aryl methyl sites for hydroxylation is 1. The van der Waals surface area contributed by atoms with Crippen molar-refractivity contribution in [2.75, 3.05) is 39.4 Å². The van der Waals surface area contributed by atoms with E-state index in [1.54, 1.807) is 16.2 Å². The topological polar surface area (TPSA) is 37.7 Å². The Morgan fingerprint density at radius 2 is 2.00 bits per heavy atom. The minimum Gasteiger partial charge on any atom is -0.370 e. The quantitative estimate of drug-likeness (QED) is 0.669. The predicted molar refractivity (Wildman–Crippen MR) is 107 cm³/mol. The van der Waals surface area contributed by atoms with Crippen LogP contribution in [-0.4, -0.2) is 44.5 Å². The first-order valence-corrected chi connectivity index (χ1v) is 10.1. The van der Waals surface area contributed by atoms with Crippen LogP contribution in [0.15, 0.2) is 41.8 Å². The Hall–Kier alpha value is -1.47. The minimum absolute atomic E-state index is 0.0938. The number of nitrogens with one attached hydrogen (secondary N) is 3. The fourth-order valence-corrected chi connectivity index (χ4v) is 4.00. The summed E-state index contributed by atoms with van der Waals surface area (Å²) in [4.78, 5) is 2.85. The molecule has 2 heterocycles. The van der Waals surface area contributed by atoms with Crippen LogP contribution in [0.3, 0.4) is 0 Å². The lowest BCUT2D eigenvalue weighted by molar-refractivity contribution is -0.906. The van der Waals surface area contributed by atoms with Gasteiger partial charge in [-0.05, 0) is 36.2 Å². The lowest BCUT2D eigenvalue weighted by Gasteiger charge is -2.25. The van der Waals surface area contributed by atoms with Gasteiger partial charge in [0.05, 0.1) is 32.3 Å². The molecule has 3 rings (SSSR count). The van der Waals surface area contributed by atoms with Gasteiger partial charge in [-0.1, -0.05) is 35.9 Å². The van der Waals surface area contributed by atoms with E-state index in [0.29, 0.717) is 5.11 Å². The summed E-state index contributed by atoms with van der Waals surface area (Å²) in [6.45, 7) is 7.97. The molecule has 1 aliphatic heterocycles. The third-order valence-corrected chi connectivity index (χ3v) is 5.68. The van der Waals surface area contributed by atoms with Gasteiger partial charge in [0.2, 0.25) is 0 Å². The molecule has 0 aliphatic carbocycles. The van der Waals surface area contributed by atoms with Crippen LogP contribution >= 0.6 is 23.6 Å². The Morgan fingerprint density at radius 3 is 2.68 bits per heavy atom. The van der Waals surface area contributed by atoms with E-state index in [0.717, 1.165) is 39.4 Å². The molecule has 0 radical (unpaired) electrons. The fourth-order valence-electron chi connectivity index (χ4n) is 2.98. The van der Waals surface area contributed by atoms with Gasteiger partial charge in [-0.2, -0.15) is 0 Å². The van der Waals surface area contributed by atoms with Crippen molar-refractivity contribution in [3.8, 4) is 0 Å². The number of rotatable bonds is 6. The zero-order chi connectivity index (χ0) is 17.5. The lowest BCUT2D eigenvalue weighted by atomic mass is 10.0. The van der Waals surface area contributed by atoms with Gasteiger partial charge in [0.15, 0.2) is 5.11 Å². The van der Waals surface area contributed by atoms with E-state index in [4.69, 9.17) is 17.0 Å². The van der Waals surface area contributed by atoms with Crippen LogP contribution in [0.4, 0.5) is 0 Å². The molecule has 0 bridgehead atoms. The number of ether oxygens (including phenoxy) is 1. The van der Waals surface area contributed by atoms with Crippen LogP contribution in [0, 0.1) is 6.92 Å². The molecule has 1 atom stereocenters. The van der Waals surface area contributed by atoms with Gasteiger partial charge < -0.3 is 20.3 Å². The number of thiophene rings is 1. The van der Waals surface area contributed by atoms with E-state index >= 15 is 0 Å². The molecule has 1 aromatic heterocycles. The molecule has 0 unspecified atom stereocenters. The minimum atomic E-state index is 0.0938. The second kappa shape index (κ2) is 9.29. The van der Waals surface area contributed by atoms with Gasteiger partial charge in [-0.25, -0.2) is 0 Å². The van der Waals surface area contributed by atoms with Crippen molar-refractivity contribution in [3.05, 3.63) is 57.8 Å². The Bertz CT molecular complexity index is 652. The number of hydrogen-bond acceptors (Lipinski definition) is 3. The standard InChI is InChI=1S/C19H25N3OS2/c1-15-4-6-16(7-5-15)18(17-3-2-14-25-17)21-19(24)20-8-9-22-10-12-23-13-11-22/h2-7,14,18H,8-13H2,1H3,(H2,20,21,24)/p+1/t18-/m0/s1. The Morgan fingerprint density at radius 1 is 1.24 bits per heavy atom. The smallest absolute Gasteiger partial charge is 0.167 e. The first-order valence-electron chi connectivity index (χ1n) is 8.78. The molecule has 134 valence electrons. The highest BCUT2D eigenvalue weighted by molar-refractivity contribution is 7.80. The number of thiocarbonyl (C=S) groups is 1. The molecular weight excluding hydrogens is 350 g/mol. The van der Waals surface area contributed by atoms with Gasteiger partial charge in [0, 0.05) is 4.88 Å². The van der Waals surface area contributed by atoms with Crippen LogP contribution in [0.1, 0.15) is 22.0 Å². The lowest BCUT2D eigenvalue weighted by Crippen LogP contribution is -3.14. The Balaban J connectivity index is 1.56. The van der Waals surface area contributed by atoms with Crippen LogP contribution in [0.25, 0.3) is 0 Å². The molecule has 0 saturated carbocycles. The molecule has 1 aromatic carbocycles. The van der Waals surface area contributed by atoms with Gasteiger partial charge >= 0.3 is 0 Å². The van der Waals surface area contributed by atoms with Crippen molar-refractivity contribution in [1.29, 1.82) is 0 Å². The molecule has 3 N–H and O–H groups in total. The SMILES string of the molecule is Cc1ccc([C@H](NC(=S)NCC[NH+]2CCOCC2)c2cccs2)cc1. The van der Waals surface area contributed by atoms with Crippen LogP contribution < -0.4 is 15.5 Å². The van der Waals surface area contributed by atoms with Gasteiger partial charge in [0.25, 0.3) is 0 Å². The molecular formula is C19H26N3OS2+. The van der Waals surface area contributed by atoms with Crippen molar-refractivity contribution in [3.63, 3.8) is 0 Å². The van der Waals surface area contributed by atoms with E-state index in [1.165, 1.54) is 16.0 Å². The monoisotopic (exact) mass is 376 g/mol. The van der Waals surface area contributed by atoms with Crippen molar-refractivity contribution in [2.45, 2.75) is 13.0 Å². The van der Waals surface area contributed by atoms with E-state index in [-0.39, 0.29) is 6.04 Å². The summed E-state index contributed by atoms with van der Waals surface area (Å²) >= 11 is 7.30. The zero-order valence-electron chi connectivity index (χ0n) is 14.6. The summed E-state index contributed by atoms with van der Waals surface area (Å²) in [7, 11) is 0. The summed E-state index contributed by atoms with van der Waals surface area (Å²) in [5, 5.41) is 9.68. The average Bonchev–Trinajstić information content (AvgIpc) is 3.16. The second-order valence-corrected chi connectivity index (χ2v) is 7.76. The van der Waals surface area contributed by atoms with Crippen LogP contribution in [-0.2, 0) is 4.74 Å². The molecule has 4 nitrogen and oxygen atoms in total. The van der Waals surface area contributed by atoms with Crippen LogP contribution in [0.2, 0.25) is 0 Å². The van der Waals surface area contributed by atoms with E-state index in [9.17, 15) is 0 Å². The third kappa shape index (κ3) is 5.51. The summed E-state index contributed by atoms with van der Waals surface area (Å²) in [5.41, 5.74) is 2.50. The predicted octanol–water partition coefficient (Wildman–Crippen LogP) is 1.53. The molecule has 1 fully saturated rings. The van der Waals surface area contributed by atoms with E-state index < -0.39 is 0 Å². The highest BCUT2D eigenvalue weighted by Crippen LogP contribution is 2.26. The molecule has 25 heavy (non-hydrogen) atoms.